The standard InChI is InChI=1S/C15H25NO4/c1-5-20-14-7-6-12(8-15(14)19-4)9-16-10-13(18-3)11-17-2/h6-8,13,16H,5,9-11H2,1-4H3. The lowest BCUT2D eigenvalue weighted by Gasteiger charge is -2.15. The van der Waals surface area contributed by atoms with Gasteiger partial charge < -0.3 is 24.3 Å². The Hall–Kier alpha value is -1.30. The molecule has 0 bridgehead atoms. The summed E-state index contributed by atoms with van der Waals surface area (Å²) in [7, 11) is 5.00. The third kappa shape index (κ3) is 5.36. The Morgan fingerprint density at radius 1 is 1.15 bits per heavy atom. The summed E-state index contributed by atoms with van der Waals surface area (Å²) >= 11 is 0. The molecular formula is C15H25NO4. The highest BCUT2D eigenvalue weighted by atomic mass is 16.5. The Bertz CT molecular complexity index is 384. The average Bonchev–Trinajstić information content (AvgIpc) is 2.47. The van der Waals surface area contributed by atoms with Gasteiger partial charge in [0.15, 0.2) is 11.5 Å². The largest absolute Gasteiger partial charge is 0.493 e. The zero-order valence-corrected chi connectivity index (χ0v) is 12.8. The van der Waals surface area contributed by atoms with Crippen molar-refractivity contribution in [2.24, 2.45) is 0 Å². The fraction of sp³-hybridized carbons (Fsp3) is 0.600. The highest BCUT2D eigenvalue weighted by Gasteiger charge is 2.08. The normalized spacial score (nSPS) is 12.2. The van der Waals surface area contributed by atoms with Crippen LogP contribution in [0.2, 0.25) is 0 Å². The van der Waals surface area contributed by atoms with Gasteiger partial charge in [0, 0.05) is 27.3 Å². The summed E-state index contributed by atoms with van der Waals surface area (Å²) in [5.74, 6) is 1.53. The summed E-state index contributed by atoms with van der Waals surface area (Å²) in [6, 6.07) is 5.94. The second-order valence-corrected chi connectivity index (χ2v) is 4.36. The number of rotatable bonds is 10. The van der Waals surface area contributed by atoms with Crippen LogP contribution in [-0.2, 0) is 16.0 Å². The van der Waals surface area contributed by atoms with Crippen LogP contribution in [-0.4, -0.2) is 47.2 Å². The maximum atomic E-state index is 5.49. The topological polar surface area (TPSA) is 49.0 Å². The number of hydrogen-bond acceptors (Lipinski definition) is 5. The molecular weight excluding hydrogens is 258 g/mol. The van der Waals surface area contributed by atoms with E-state index in [9.17, 15) is 0 Å². The SMILES string of the molecule is CCOc1ccc(CNCC(COC)OC)cc1OC. The third-order valence-corrected chi connectivity index (χ3v) is 2.91. The Kier molecular flexibility index (Phi) is 8.02. The van der Waals surface area contributed by atoms with Crippen LogP contribution in [0.1, 0.15) is 12.5 Å². The van der Waals surface area contributed by atoms with Crippen LogP contribution in [0.15, 0.2) is 18.2 Å². The van der Waals surface area contributed by atoms with Crippen molar-refractivity contribution in [3.63, 3.8) is 0 Å². The predicted octanol–water partition coefficient (Wildman–Crippen LogP) is 1.84. The Morgan fingerprint density at radius 3 is 2.55 bits per heavy atom. The summed E-state index contributed by atoms with van der Waals surface area (Å²) in [6.45, 7) is 4.64. The van der Waals surface area contributed by atoms with Crippen LogP contribution < -0.4 is 14.8 Å². The molecule has 1 aromatic carbocycles. The minimum Gasteiger partial charge on any atom is -0.493 e. The van der Waals surface area contributed by atoms with Gasteiger partial charge >= 0.3 is 0 Å². The summed E-state index contributed by atoms with van der Waals surface area (Å²) in [4.78, 5) is 0. The van der Waals surface area contributed by atoms with Gasteiger partial charge in [0.1, 0.15) is 0 Å². The zero-order valence-electron chi connectivity index (χ0n) is 12.8. The van der Waals surface area contributed by atoms with Crippen LogP contribution in [0.25, 0.3) is 0 Å². The molecule has 1 N–H and O–H groups in total. The van der Waals surface area contributed by atoms with Gasteiger partial charge in [0.05, 0.1) is 26.4 Å². The Morgan fingerprint density at radius 2 is 1.95 bits per heavy atom. The molecule has 1 rings (SSSR count). The molecule has 0 amide bonds. The van der Waals surface area contributed by atoms with Crippen LogP contribution in [0.3, 0.4) is 0 Å². The minimum absolute atomic E-state index is 0.0598. The fourth-order valence-electron chi connectivity index (χ4n) is 1.87. The van der Waals surface area contributed by atoms with Crippen molar-refractivity contribution in [3.8, 4) is 11.5 Å². The van der Waals surface area contributed by atoms with Crippen LogP contribution in [0.5, 0.6) is 11.5 Å². The lowest BCUT2D eigenvalue weighted by Crippen LogP contribution is -2.31. The van der Waals surface area contributed by atoms with E-state index >= 15 is 0 Å². The molecule has 1 atom stereocenters. The Balaban J connectivity index is 2.51. The molecule has 5 heteroatoms. The maximum absolute atomic E-state index is 5.49. The van der Waals surface area contributed by atoms with Crippen molar-refractivity contribution >= 4 is 0 Å². The van der Waals surface area contributed by atoms with E-state index in [2.05, 4.69) is 5.32 Å². The first kappa shape index (κ1) is 16.8. The van der Waals surface area contributed by atoms with Crippen LogP contribution >= 0.6 is 0 Å². The molecule has 0 aliphatic rings. The van der Waals surface area contributed by atoms with Gasteiger partial charge in [-0.1, -0.05) is 6.07 Å². The molecule has 20 heavy (non-hydrogen) atoms. The molecule has 5 nitrogen and oxygen atoms in total. The molecule has 0 radical (unpaired) electrons. The van der Waals surface area contributed by atoms with Crippen molar-refractivity contribution in [3.05, 3.63) is 23.8 Å². The van der Waals surface area contributed by atoms with E-state index in [0.29, 0.717) is 13.2 Å². The maximum Gasteiger partial charge on any atom is 0.161 e. The van der Waals surface area contributed by atoms with Gasteiger partial charge in [-0.15, -0.1) is 0 Å². The van der Waals surface area contributed by atoms with Crippen molar-refractivity contribution in [2.45, 2.75) is 19.6 Å². The predicted molar refractivity (Wildman–Crippen MR) is 78.5 cm³/mol. The monoisotopic (exact) mass is 283 g/mol. The minimum atomic E-state index is 0.0598. The van der Waals surface area contributed by atoms with Gasteiger partial charge in [0.2, 0.25) is 0 Å². The van der Waals surface area contributed by atoms with E-state index in [0.717, 1.165) is 30.2 Å². The summed E-state index contributed by atoms with van der Waals surface area (Å²) in [5.41, 5.74) is 1.14. The van der Waals surface area contributed by atoms with E-state index in [1.54, 1.807) is 21.3 Å². The van der Waals surface area contributed by atoms with Crippen LogP contribution in [0, 0.1) is 0 Å². The molecule has 0 saturated heterocycles. The van der Waals surface area contributed by atoms with Crippen molar-refractivity contribution in [1.29, 1.82) is 0 Å². The molecule has 1 aromatic rings. The highest BCUT2D eigenvalue weighted by molar-refractivity contribution is 5.42. The second-order valence-electron chi connectivity index (χ2n) is 4.36. The zero-order chi connectivity index (χ0) is 14.8. The first-order valence-electron chi connectivity index (χ1n) is 6.77. The van der Waals surface area contributed by atoms with Gasteiger partial charge in [0.25, 0.3) is 0 Å². The first-order valence-corrected chi connectivity index (χ1v) is 6.77. The molecule has 0 heterocycles. The summed E-state index contributed by atoms with van der Waals surface area (Å²) < 4.78 is 21.2. The molecule has 0 aromatic heterocycles. The van der Waals surface area contributed by atoms with E-state index in [1.165, 1.54) is 0 Å². The summed E-state index contributed by atoms with van der Waals surface area (Å²) in [5, 5.41) is 3.34. The summed E-state index contributed by atoms with van der Waals surface area (Å²) in [6.07, 6.45) is 0.0598. The van der Waals surface area contributed by atoms with E-state index in [4.69, 9.17) is 18.9 Å². The second kappa shape index (κ2) is 9.58. The van der Waals surface area contributed by atoms with Gasteiger partial charge in [-0.2, -0.15) is 0 Å². The lowest BCUT2D eigenvalue weighted by atomic mass is 10.2. The molecule has 0 fully saturated rings. The first-order chi connectivity index (χ1) is 9.74. The third-order valence-electron chi connectivity index (χ3n) is 2.91. The number of benzene rings is 1. The van der Waals surface area contributed by atoms with E-state index in [-0.39, 0.29) is 6.10 Å². The van der Waals surface area contributed by atoms with Crippen molar-refractivity contribution in [1.82, 2.24) is 5.32 Å². The average molecular weight is 283 g/mol. The highest BCUT2D eigenvalue weighted by Crippen LogP contribution is 2.27. The molecule has 114 valence electrons. The molecule has 1 unspecified atom stereocenters. The van der Waals surface area contributed by atoms with E-state index < -0.39 is 0 Å². The van der Waals surface area contributed by atoms with Gasteiger partial charge in [-0.25, -0.2) is 0 Å². The smallest absolute Gasteiger partial charge is 0.161 e. The molecule has 0 aliphatic heterocycles. The number of ether oxygens (including phenoxy) is 4. The number of hydrogen-bond donors (Lipinski definition) is 1. The van der Waals surface area contributed by atoms with Crippen LogP contribution in [0.4, 0.5) is 0 Å². The quantitative estimate of drug-likeness (QED) is 0.710. The Labute approximate surface area is 121 Å². The van der Waals surface area contributed by atoms with Crippen molar-refractivity contribution < 1.29 is 18.9 Å². The number of methoxy groups -OCH3 is 3. The van der Waals surface area contributed by atoms with E-state index in [1.807, 2.05) is 25.1 Å². The van der Waals surface area contributed by atoms with Gasteiger partial charge in [-0.05, 0) is 24.6 Å². The van der Waals surface area contributed by atoms with Crippen molar-refractivity contribution in [2.75, 3.05) is 41.1 Å². The molecule has 0 aliphatic carbocycles. The fourth-order valence-corrected chi connectivity index (χ4v) is 1.87. The lowest BCUT2D eigenvalue weighted by molar-refractivity contribution is 0.0288. The molecule has 0 spiro atoms. The number of nitrogens with one attached hydrogen (secondary N) is 1. The molecule has 0 saturated carbocycles. The van der Waals surface area contributed by atoms with Gasteiger partial charge in [-0.3, -0.25) is 0 Å².